The highest BCUT2D eigenvalue weighted by molar-refractivity contribution is 6.56. The number of rotatable bonds is 4. The number of carbonyl (C=O) groups excluding carboxylic acids is 1. The standard InChI is InChI=1S/C16H23BN2O3/c1-12(20)19-11-13(10-14-8-6-7-9-18-14)17-21-15(2,3)16(4,5)22-17/h6-10H,11H2,1-5H3,(H,19,20). The van der Waals surface area contributed by atoms with Gasteiger partial charge in [0.15, 0.2) is 0 Å². The predicted octanol–water partition coefficient (Wildman–Crippen LogP) is 2.23. The molecule has 1 aromatic heterocycles. The van der Waals surface area contributed by atoms with E-state index < -0.39 is 18.3 Å². The SMILES string of the molecule is CC(=O)NCC(=Cc1ccccn1)B1OC(C)(C)C(C)(C)O1. The van der Waals surface area contributed by atoms with E-state index in [9.17, 15) is 4.79 Å². The van der Waals surface area contributed by atoms with E-state index in [4.69, 9.17) is 9.31 Å². The van der Waals surface area contributed by atoms with Gasteiger partial charge in [0.25, 0.3) is 0 Å². The van der Waals surface area contributed by atoms with Crippen LogP contribution in [0, 0.1) is 0 Å². The second-order valence-electron chi connectivity index (χ2n) is 6.47. The van der Waals surface area contributed by atoms with Gasteiger partial charge in [-0.15, -0.1) is 0 Å². The van der Waals surface area contributed by atoms with Crippen molar-refractivity contribution in [2.24, 2.45) is 0 Å². The molecule has 0 aromatic carbocycles. The van der Waals surface area contributed by atoms with Crippen molar-refractivity contribution >= 4 is 19.1 Å². The maximum absolute atomic E-state index is 11.2. The molecule has 0 unspecified atom stereocenters. The van der Waals surface area contributed by atoms with Crippen LogP contribution in [0.5, 0.6) is 0 Å². The van der Waals surface area contributed by atoms with Gasteiger partial charge in [-0.2, -0.15) is 0 Å². The first-order valence-electron chi connectivity index (χ1n) is 7.43. The van der Waals surface area contributed by atoms with Gasteiger partial charge in [0, 0.05) is 19.7 Å². The molecule has 0 atom stereocenters. The van der Waals surface area contributed by atoms with Crippen LogP contribution in [0.15, 0.2) is 29.9 Å². The molecule has 0 bridgehead atoms. The summed E-state index contributed by atoms with van der Waals surface area (Å²) in [6.45, 7) is 9.87. The summed E-state index contributed by atoms with van der Waals surface area (Å²) >= 11 is 0. The number of carbonyl (C=O) groups is 1. The number of nitrogens with one attached hydrogen (secondary N) is 1. The Morgan fingerprint density at radius 1 is 1.27 bits per heavy atom. The summed E-state index contributed by atoms with van der Waals surface area (Å²) in [5, 5.41) is 2.80. The van der Waals surface area contributed by atoms with Crippen LogP contribution >= 0.6 is 0 Å². The van der Waals surface area contributed by atoms with E-state index in [2.05, 4.69) is 10.3 Å². The Kier molecular flexibility index (Phi) is 4.73. The monoisotopic (exact) mass is 302 g/mol. The summed E-state index contributed by atoms with van der Waals surface area (Å²) in [7, 11) is -0.501. The Labute approximate surface area is 132 Å². The second-order valence-corrected chi connectivity index (χ2v) is 6.47. The summed E-state index contributed by atoms with van der Waals surface area (Å²) in [5.41, 5.74) is 0.805. The topological polar surface area (TPSA) is 60.5 Å². The normalized spacial score (nSPS) is 20.0. The van der Waals surface area contributed by atoms with Gasteiger partial charge in [0.2, 0.25) is 5.91 Å². The van der Waals surface area contributed by atoms with Crippen molar-refractivity contribution in [1.82, 2.24) is 10.3 Å². The zero-order chi connectivity index (χ0) is 16.4. The van der Waals surface area contributed by atoms with Crippen molar-refractivity contribution < 1.29 is 14.1 Å². The quantitative estimate of drug-likeness (QED) is 0.867. The van der Waals surface area contributed by atoms with Gasteiger partial charge < -0.3 is 14.6 Å². The molecule has 1 fully saturated rings. The van der Waals surface area contributed by atoms with Gasteiger partial charge in [-0.25, -0.2) is 0 Å². The van der Waals surface area contributed by atoms with E-state index in [1.54, 1.807) is 6.20 Å². The van der Waals surface area contributed by atoms with Crippen LogP contribution < -0.4 is 5.32 Å². The average Bonchev–Trinajstić information content (AvgIpc) is 2.64. The first kappa shape index (κ1) is 16.7. The predicted molar refractivity (Wildman–Crippen MR) is 87.0 cm³/mol. The zero-order valence-electron chi connectivity index (χ0n) is 13.8. The van der Waals surface area contributed by atoms with Gasteiger partial charge in [-0.3, -0.25) is 9.78 Å². The van der Waals surface area contributed by atoms with Crippen LogP contribution in [0.3, 0.4) is 0 Å². The van der Waals surface area contributed by atoms with Crippen molar-refractivity contribution in [2.45, 2.75) is 45.8 Å². The number of nitrogens with zero attached hydrogens (tertiary/aromatic N) is 1. The van der Waals surface area contributed by atoms with Crippen molar-refractivity contribution in [3.8, 4) is 0 Å². The molecule has 0 spiro atoms. The first-order valence-corrected chi connectivity index (χ1v) is 7.43. The number of hydrogen-bond acceptors (Lipinski definition) is 4. The van der Waals surface area contributed by atoms with Gasteiger partial charge in [0.1, 0.15) is 0 Å². The van der Waals surface area contributed by atoms with Crippen LogP contribution in [0.4, 0.5) is 0 Å². The molecule has 1 N–H and O–H groups in total. The maximum atomic E-state index is 11.2. The third-order valence-electron chi connectivity index (χ3n) is 4.12. The summed E-state index contributed by atoms with van der Waals surface area (Å²) in [5.74, 6) is -0.0940. The van der Waals surface area contributed by atoms with Crippen LogP contribution in [0.1, 0.15) is 40.3 Å². The first-order chi connectivity index (χ1) is 10.2. The van der Waals surface area contributed by atoms with Crippen LogP contribution in [-0.4, -0.2) is 35.8 Å². The number of amides is 1. The van der Waals surface area contributed by atoms with Gasteiger partial charge in [-0.1, -0.05) is 6.07 Å². The van der Waals surface area contributed by atoms with E-state index in [0.29, 0.717) is 6.54 Å². The Balaban J connectivity index is 2.26. The fraction of sp³-hybridized carbons (Fsp3) is 0.500. The van der Waals surface area contributed by atoms with Crippen LogP contribution in [0.25, 0.3) is 6.08 Å². The highest BCUT2D eigenvalue weighted by Gasteiger charge is 2.52. The van der Waals surface area contributed by atoms with Crippen LogP contribution in [-0.2, 0) is 14.1 Å². The van der Waals surface area contributed by atoms with Crippen molar-refractivity contribution in [1.29, 1.82) is 0 Å². The number of pyridine rings is 1. The summed E-state index contributed by atoms with van der Waals surface area (Å²) in [4.78, 5) is 15.5. The lowest BCUT2D eigenvalue weighted by Gasteiger charge is -2.32. The van der Waals surface area contributed by atoms with Gasteiger partial charge >= 0.3 is 7.12 Å². The van der Waals surface area contributed by atoms with E-state index in [0.717, 1.165) is 11.2 Å². The molecule has 0 aliphatic carbocycles. The van der Waals surface area contributed by atoms with E-state index in [1.165, 1.54) is 6.92 Å². The fourth-order valence-electron chi connectivity index (χ4n) is 2.07. The summed E-state index contributed by atoms with van der Waals surface area (Å²) in [6.07, 6.45) is 3.63. The molecule has 0 saturated carbocycles. The number of hydrogen-bond donors (Lipinski definition) is 1. The van der Waals surface area contributed by atoms with Crippen LogP contribution in [0.2, 0.25) is 0 Å². The van der Waals surface area contributed by atoms with Gasteiger partial charge in [-0.05, 0) is 51.4 Å². The lowest BCUT2D eigenvalue weighted by Crippen LogP contribution is -2.41. The van der Waals surface area contributed by atoms with Crippen molar-refractivity contribution in [2.75, 3.05) is 6.54 Å². The second kappa shape index (κ2) is 6.22. The van der Waals surface area contributed by atoms with Crippen molar-refractivity contribution in [3.63, 3.8) is 0 Å². The minimum atomic E-state index is -0.501. The molecule has 0 radical (unpaired) electrons. The molecule has 6 heteroatoms. The Bertz CT molecular complexity index is 554. The Morgan fingerprint density at radius 3 is 2.41 bits per heavy atom. The Hall–Kier alpha value is -1.66. The minimum Gasteiger partial charge on any atom is -0.400 e. The zero-order valence-corrected chi connectivity index (χ0v) is 13.8. The molecule has 2 rings (SSSR count). The lowest BCUT2D eigenvalue weighted by atomic mass is 9.77. The molecule has 5 nitrogen and oxygen atoms in total. The van der Waals surface area contributed by atoms with E-state index in [-0.39, 0.29) is 5.91 Å². The molecular weight excluding hydrogens is 279 g/mol. The molecular formula is C16H23BN2O3. The molecule has 1 amide bonds. The van der Waals surface area contributed by atoms with Gasteiger partial charge in [0.05, 0.1) is 16.9 Å². The summed E-state index contributed by atoms with van der Waals surface area (Å²) < 4.78 is 12.1. The van der Waals surface area contributed by atoms with Crippen molar-refractivity contribution in [3.05, 3.63) is 35.6 Å². The molecule has 2 heterocycles. The third kappa shape index (κ3) is 3.75. The highest BCUT2D eigenvalue weighted by Crippen LogP contribution is 2.38. The third-order valence-corrected chi connectivity index (χ3v) is 4.12. The lowest BCUT2D eigenvalue weighted by molar-refractivity contribution is -0.118. The highest BCUT2D eigenvalue weighted by atomic mass is 16.7. The summed E-state index contributed by atoms with van der Waals surface area (Å²) in [6, 6.07) is 5.68. The molecule has 1 aliphatic heterocycles. The molecule has 1 saturated heterocycles. The average molecular weight is 302 g/mol. The largest absolute Gasteiger partial charge is 0.492 e. The molecule has 1 aliphatic rings. The number of aromatic nitrogens is 1. The maximum Gasteiger partial charge on any atom is 0.492 e. The Morgan fingerprint density at radius 2 is 1.91 bits per heavy atom. The minimum absolute atomic E-state index is 0.0940. The molecule has 22 heavy (non-hydrogen) atoms. The fourth-order valence-corrected chi connectivity index (χ4v) is 2.07. The molecule has 118 valence electrons. The smallest absolute Gasteiger partial charge is 0.400 e. The van der Waals surface area contributed by atoms with E-state index >= 15 is 0 Å². The van der Waals surface area contributed by atoms with E-state index in [1.807, 2.05) is 52.0 Å². The molecule has 1 aromatic rings.